The van der Waals surface area contributed by atoms with Crippen LogP contribution < -0.4 is 0 Å². The number of aromatic nitrogens is 1. The van der Waals surface area contributed by atoms with Crippen LogP contribution in [0.3, 0.4) is 0 Å². The summed E-state index contributed by atoms with van der Waals surface area (Å²) in [4.78, 5) is 10.8. The van der Waals surface area contributed by atoms with Gasteiger partial charge in [-0.3, -0.25) is 0 Å². The van der Waals surface area contributed by atoms with Crippen molar-refractivity contribution in [3.8, 4) is 0 Å². The van der Waals surface area contributed by atoms with E-state index in [1.165, 1.54) is 12.5 Å². The van der Waals surface area contributed by atoms with Crippen LogP contribution in [-0.4, -0.2) is 15.6 Å². The first-order chi connectivity index (χ1) is 6.58. The molecule has 1 heterocycles. The highest BCUT2D eigenvalue weighted by Crippen LogP contribution is 2.39. The zero-order chi connectivity index (χ0) is 10.3. The van der Waals surface area contributed by atoms with Gasteiger partial charge in [0.15, 0.2) is 0 Å². The van der Waals surface area contributed by atoms with E-state index in [-0.39, 0.29) is 5.69 Å². The third-order valence-electron chi connectivity index (χ3n) is 2.79. The molecule has 1 aliphatic rings. The summed E-state index contributed by atoms with van der Waals surface area (Å²) in [6, 6.07) is 1.50. The highest BCUT2D eigenvalue weighted by Gasteiger charge is 2.33. The third kappa shape index (κ3) is 1.77. The molecule has 0 radical (unpaired) electrons. The van der Waals surface area contributed by atoms with Gasteiger partial charge in [0.1, 0.15) is 5.69 Å². The van der Waals surface area contributed by atoms with Gasteiger partial charge in [-0.15, -0.1) is 0 Å². The maximum absolute atomic E-state index is 10.8. The summed E-state index contributed by atoms with van der Waals surface area (Å²) in [5.74, 6) is 0.430. The molecule has 1 aliphatic carbocycles. The number of carboxylic acids is 1. The molecule has 3 nitrogen and oxygen atoms in total. The van der Waals surface area contributed by atoms with Crippen molar-refractivity contribution >= 4 is 17.6 Å². The van der Waals surface area contributed by atoms with Gasteiger partial charge < -0.3 is 9.67 Å². The predicted octanol–water partition coefficient (Wildman–Crippen LogP) is 2.50. The second-order valence-electron chi connectivity index (χ2n) is 3.97. The Labute approximate surface area is 87.3 Å². The van der Waals surface area contributed by atoms with E-state index in [1.54, 1.807) is 10.8 Å². The lowest BCUT2D eigenvalue weighted by Crippen LogP contribution is -2.09. The number of carbonyl (C=O) groups is 1. The van der Waals surface area contributed by atoms with E-state index in [4.69, 9.17) is 16.7 Å². The first-order valence-corrected chi connectivity index (χ1v) is 5.04. The van der Waals surface area contributed by atoms with E-state index in [2.05, 4.69) is 6.92 Å². The highest BCUT2D eigenvalue weighted by molar-refractivity contribution is 6.30. The Morgan fingerprint density at radius 2 is 2.43 bits per heavy atom. The van der Waals surface area contributed by atoms with Crippen LogP contribution in [0.4, 0.5) is 0 Å². The number of hydrogen-bond acceptors (Lipinski definition) is 1. The van der Waals surface area contributed by atoms with Gasteiger partial charge in [0.05, 0.1) is 5.02 Å². The van der Waals surface area contributed by atoms with Gasteiger partial charge in [-0.2, -0.15) is 0 Å². The van der Waals surface area contributed by atoms with E-state index < -0.39 is 5.97 Å². The number of rotatable bonds is 3. The van der Waals surface area contributed by atoms with E-state index in [1.807, 2.05) is 0 Å². The fraction of sp³-hybridized carbons (Fsp3) is 0.500. The fourth-order valence-electron chi connectivity index (χ4n) is 1.71. The average Bonchev–Trinajstić information content (AvgIpc) is 2.60. The largest absolute Gasteiger partial charge is 0.477 e. The van der Waals surface area contributed by atoms with Gasteiger partial charge in [-0.1, -0.05) is 18.5 Å². The lowest BCUT2D eigenvalue weighted by atomic mass is 10.3. The quantitative estimate of drug-likeness (QED) is 0.838. The summed E-state index contributed by atoms with van der Waals surface area (Å²) in [5.41, 5.74) is 0.286. The number of aromatic carboxylic acids is 1. The van der Waals surface area contributed by atoms with Crippen molar-refractivity contribution in [3.63, 3.8) is 0 Å². The van der Waals surface area contributed by atoms with Crippen molar-refractivity contribution in [2.24, 2.45) is 11.8 Å². The van der Waals surface area contributed by atoms with Crippen LogP contribution in [0.25, 0.3) is 0 Å². The summed E-state index contributed by atoms with van der Waals surface area (Å²) in [5, 5.41) is 9.39. The molecule has 0 aromatic carbocycles. The van der Waals surface area contributed by atoms with Crippen LogP contribution in [0.1, 0.15) is 23.8 Å². The van der Waals surface area contributed by atoms with Gasteiger partial charge >= 0.3 is 5.97 Å². The van der Waals surface area contributed by atoms with Crippen LogP contribution in [0, 0.1) is 11.8 Å². The molecule has 76 valence electrons. The second kappa shape index (κ2) is 3.31. The number of nitrogens with zero attached hydrogens (tertiary/aromatic N) is 1. The predicted molar refractivity (Wildman–Crippen MR) is 53.7 cm³/mol. The minimum atomic E-state index is -0.912. The van der Waals surface area contributed by atoms with Crippen LogP contribution in [-0.2, 0) is 6.54 Å². The first-order valence-electron chi connectivity index (χ1n) is 4.67. The number of hydrogen-bond donors (Lipinski definition) is 1. The molecule has 0 bridgehead atoms. The summed E-state index contributed by atoms with van der Waals surface area (Å²) in [6.07, 6.45) is 2.88. The third-order valence-corrected chi connectivity index (χ3v) is 3.00. The van der Waals surface area contributed by atoms with E-state index in [0.29, 0.717) is 10.9 Å². The molecule has 0 amide bonds. The first kappa shape index (κ1) is 9.59. The topological polar surface area (TPSA) is 42.2 Å². The van der Waals surface area contributed by atoms with Crippen molar-refractivity contribution in [1.82, 2.24) is 4.57 Å². The van der Waals surface area contributed by atoms with Crippen molar-refractivity contribution in [2.45, 2.75) is 19.9 Å². The Hall–Kier alpha value is -0.960. The summed E-state index contributed by atoms with van der Waals surface area (Å²) >= 11 is 5.77. The average molecular weight is 214 g/mol. The standard InChI is InChI=1S/C10H12ClNO2/c1-6-2-7(6)4-12-5-8(11)3-9(12)10(13)14/h3,5-7H,2,4H2,1H3,(H,13,14). The molecule has 14 heavy (non-hydrogen) atoms. The van der Waals surface area contributed by atoms with Gasteiger partial charge in [0.25, 0.3) is 0 Å². The van der Waals surface area contributed by atoms with Crippen molar-refractivity contribution in [2.75, 3.05) is 0 Å². The Bertz CT molecular complexity index is 372. The van der Waals surface area contributed by atoms with Crippen LogP contribution in [0.5, 0.6) is 0 Å². The fourth-order valence-corrected chi connectivity index (χ4v) is 1.93. The van der Waals surface area contributed by atoms with Gasteiger partial charge in [0.2, 0.25) is 0 Å². The summed E-state index contributed by atoms with van der Waals surface area (Å²) in [6.45, 7) is 2.95. The lowest BCUT2D eigenvalue weighted by molar-refractivity contribution is 0.0684. The SMILES string of the molecule is CC1CC1Cn1cc(Cl)cc1C(=O)O. The van der Waals surface area contributed by atoms with Gasteiger partial charge in [0, 0.05) is 12.7 Å². The molecule has 2 rings (SSSR count). The maximum atomic E-state index is 10.8. The molecule has 0 aliphatic heterocycles. The monoisotopic (exact) mass is 213 g/mol. The molecule has 1 fully saturated rings. The van der Waals surface area contributed by atoms with Crippen molar-refractivity contribution < 1.29 is 9.90 Å². The van der Waals surface area contributed by atoms with E-state index in [0.717, 1.165) is 12.5 Å². The molecule has 1 saturated carbocycles. The Kier molecular flexibility index (Phi) is 2.27. The van der Waals surface area contributed by atoms with Gasteiger partial charge in [-0.05, 0) is 24.3 Å². The second-order valence-corrected chi connectivity index (χ2v) is 4.41. The lowest BCUT2D eigenvalue weighted by Gasteiger charge is -2.04. The Morgan fingerprint density at radius 3 is 2.93 bits per heavy atom. The maximum Gasteiger partial charge on any atom is 0.352 e. The van der Waals surface area contributed by atoms with Crippen LogP contribution >= 0.6 is 11.6 Å². The molecule has 1 aromatic rings. The highest BCUT2D eigenvalue weighted by atomic mass is 35.5. The number of halogens is 1. The number of carboxylic acid groups (broad SMARTS) is 1. The molecular weight excluding hydrogens is 202 g/mol. The molecule has 1 N–H and O–H groups in total. The molecule has 1 aromatic heterocycles. The Morgan fingerprint density at radius 1 is 1.79 bits per heavy atom. The smallest absolute Gasteiger partial charge is 0.352 e. The molecule has 0 spiro atoms. The molecule has 2 atom stereocenters. The van der Waals surface area contributed by atoms with Crippen LogP contribution in [0.2, 0.25) is 5.02 Å². The molecule has 2 unspecified atom stereocenters. The minimum absolute atomic E-state index is 0.286. The normalized spacial score (nSPS) is 25.0. The molecule has 4 heteroatoms. The molecular formula is C10H12ClNO2. The van der Waals surface area contributed by atoms with E-state index >= 15 is 0 Å². The van der Waals surface area contributed by atoms with Crippen molar-refractivity contribution in [3.05, 3.63) is 23.0 Å². The summed E-state index contributed by atoms with van der Waals surface area (Å²) < 4.78 is 1.73. The Balaban J connectivity index is 2.18. The minimum Gasteiger partial charge on any atom is -0.477 e. The van der Waals surface area contributed by atoms with Gasteiger partial charge in [-0.25, -0.2) is 4.79 Å². The van der Waals surface area contributed by atoms with E-state index in [9.17, 15) is 4.79 Å². The zero-order valence-corrected chi connectivity index (χ0v) is 8.66. The van der Waals surface area contributed by atoms with Crippen LogP contribution in [0.15, 0.2) is 12.3 Å². The molecule has 0 saturated heterocycles. The summed E-state index contributed by atoms with van der Waals surface area (Å²) in [7, 11) is 0. The zero-order valence-electron chi connectivity index (χ0n) is 7.90. The van der Waals surface area contributed by atoms with Crippen molar-refractivity contribution in [1.29, 1.82) is 0 Å².